The van der Waals surface area contributed by atoms with Crippen LogP contribution in [0, 0.1) is 0 Å². The molecule has 18 heavy (non-hydrogen) atoms. The number of aryl methyl sites for hydroxylation is 1. The van der Waals surface area contributed by atoms with Gasteiger partial charge in [-0.1, -0.05) is 44.2 Å². The highest BCUT2D eigenvalue weighted by Crippen LogP contribution is 2.12. The van der Waals surface area contributed by atoms with Crippen molar-refractivity contribution in [1.82, 2.24) is 5.32 Å². The van der Waals surface area contributed by atoms with Crippen LogP contribution in [0.3, 0.4) is 0 Å². The van der Waals surface area contributed by atoms with Gasteiger partial charge in [-0.15, -0.1) is 0 Å². The molecule has 1 saturated heterocycles. The fraction of sp³-hybridized carbons (Fsp3) is 0.533. The Morgan fingerprint density at radius 1 is 1.33 bits per heavy atom. The lowest BCUT2D eigenvalue weighted by atomic mass is 10.0. The molecule has 1 aromatic rings. The van der Waals surface area contributed by atoms with E-state index < -0.39 is 0 Å². The predicted molar refractivity (Wildman–Crippen MR) is 75.8 cm³/mol. The Bertz CT molecular complexity index is 282. The van der Waals surface area contributed by atoms with Crippen LogP contribution in [0.15, 0.2) is 30.3 Å². The molecule has 1 aromatic carbocycles. The zero-order valence-corrected chi connectivity index (χ0v) is 11.4. The van der Waals surface area contributed by atoms with Crippen LogP contribution in [-0.2, 0) is 11.2 Å². The van der Waals surface area contributed by atoms with Crippen molar-refractivity contribution in [3.05, 3.63) is 35.9 Å². The predicted octanol–water partition coefficient (Wildman–Crippen LogP) is 3.10. The molecule has 0 amide bonds. The molecule has 102 valence electrons. The first kappa shape index (κ1) is 16.6. The van der Waals surface area contributed by atoms with E-state index in [0.29, 0.717) is 0 Å². The maximum Gasteiger partial charge on any atom is 0.290 e. The van der Waals surface area contributed by atoms with Gasteiger partial charge < -0.3 is 10.4 Å². The van der Waals surface area contributed by atoms with Gasteiger partial charge in [0.05, 0.1) is 0 Å². The first-order valence-corrected chi connectivity index (χ1v) is 6.72. The Balaban J connectivity index is 0.000000509. The molecule has 2 rings (SSSR count). The second-order valence-electron chi connectivity index (χ2n) is 3.92. The summed E-state index contributed by atoms with van der Waals surface area (Å²) in [6, 6.07) is 11.5. The quantitative estimate of drug-likeness (QED) is 0.812. The van der Waals surface area contributed by atoms with Gasteiger partial charge >= 0.3 is 0 Å². The lowest BCUT2D eigenvalue weighted by Crippen LogP contribution is -2.21. The Labute approximate surface area is 110 Å². The van der Waals surface area contributed by atoms with Gasteiger partial charge in [0.25, 0.3) is 6.47 Å². The van der Waals surface area contributed by atoms with Gasteiger partial charge in [0.15, 0.2) is 0 Å². The summed E-state index contributed by atoms with van der Waals surface area (Å²) in [5.74, 6) is 0. The van der Waals surface area contributed by atoms with Crippen LogP contribution >= 0.6 is 0 Å². The fourth-order valence-corrected chi connectivity index (χ4v) is 1.99. The minimum absolute atomic E-state index is 0.250. The maximum absolute atomic E-state index is 8.36. The minimum atomic E-state index is -0.250. The number of nitrogens with one attached hydrogen (secondary N) is 1. The molecule has 3 heteroatoms. The molecule has 1 fully saturated rings. The van der Waals surface area contributed by atoms with Gasteiger partial charge in [-0.2, -0.15) is 0 Å². The number of hydrogen-bond acceptors (Lipinski definition) is 2. The number of carboxylic acid groups (broad SMARTS) is 1. The smallest absolute Gasteiger partial charge is 0.290 e. The summed E-state index contributed by atoms with van der Waals surface area (Å²) in [5, 5.41) is 10.4. The summed E-state index contributed by atoms with van der Waals surface area (Å²) in [4.78, 5) is 8.36. The van der Waals surface area contributed by atoms with Crippen LogP contribution in [0.4, 0.5) is 0 Å². The first-order chi connectivity index (χ1) is 8.86. The SMILES string of the molecule is CC.O=CO.c1ccc(CCC2CCCN2)cc1. The third kappa shape index (κ3) is 7.85. The minimum Gasteiger partial charge on any atom is -0.483 e. The van der Waals surface area contributed by atoms with Crippen molar-refractivity contribution in [3.63, 3.8) is 0 Å². The van der Waals surface area contributed by atoms with Crippen molar-refractivity contribution >= 4 is 6.47 Å². The van der Waals surface area contributed by atoms with E-state index >= 15 is 0 Å². The summed E-state index contributed by atoms with van der Waals surface area (Å²) in [6.07, 6.45) is 5.24. The molecule has 1 atom stereocenters. The van der Waals surface area contributed by atoms with Crippen molar-refractivity contribution in [1.29, 1.82) is 0 Å². The highest BCUT2D eigenvalue weighted by molar-refractivity contribution is 5.32. The summed E-state index contributed by atoms with van der Waals surface area (Å²) in [7, 11) is 0. The molecule has 0 saturated carbocycles. The molecule has 0 bridgehead atoms. The molecule has 1 aliphatic heterocycles. The Morgan fingerprint density at radius 3 is 2.44 bits per heavy atom. The topological polar surface area (TPSA) is 49.3 Å². The van der Waals surface area contributed by atoms with Gasteiger partial charge in [0.1, 0.15) is 0 Å². The number of benzene rings is 1. The lowest BCUT2D eigenvalue weighted by Gasteiger charge is -2.09. The van der Waals surface area contributed by atoms with Crippen LogP contribution in [0.5, 0.6) is 0 Å². The first-order valence-electron chi connectivity index (χ1n) is 6.72. The second kappa shape index (κ2) is 12.1. The van der Waals surface area contributed by atoms with Crippen molar-refractivity contribution in [2.75, 3.05) is 6.54 Å². The van der Waals surface area contributed by atoms with Crippen molar-refractivity contribution in [2.24, 2.45) is 0 Å². The Kier molecular flexibility index (Phi) is 11.2. The van der Waals surface area contributed by atoms with Gasteiger partial charge in [-0.25, -0.2) is 0 Å². The normalized spacial score (nSPS) is 16.9. The highest BCUT2D eigenvalue weighted by atomic mass is 16.3. The van der Waals surface area contributed by atoms with E-state index in [-0.39, 0.29) is 6.47 Å². The third-order valence-electron chi connectivity index (χ3n) is 2.79. The van der Waals surface area contributed by atoms with Crippen LogP contribution in [0.25, 0.3) is 0 Å². The summed E-state index contributed by atoms with van der Waals surface area (Å²) < 4.78 is 0. The maximum atomic E-state index is 8.36. The zero-order valence-electron chi connectivity index (χ0n) is 11.4. The second-order valence-corrected chi connectivity index (χ2v) is 3.92. The van der Waals surface area contributed by atoms with Crippen molar-refractivity contribution < 1.29 is 9.90 Å². The van der Waals surface area contributed by atoms with Crippen LogP contribution in [-0.4, -0.2) is 24.2 Å². The molecule has 0 aromatic heterocycles. The highest BCUT2D eigenvalue weighted by Gasteiger charge is 2.12. The largest absolute Gasteiger partial charge is 0.483 e. The fourth-order valence-electron chi connectivity index (χ4n) is 1.99. The van der Waals surface area contributed by atoms with Crippen LogP contribution in [0.2, 0.25) is 0 Å². The molecular weight excluding hydrogens is 226 g/mol. The van der Waals surface area contributed by atoms with E-state index in [9.17, 15) is 0 Å². The Morgan fingerprint density at radius 2 is 1.94 bits per heavy atom. The Hall–Kier alpha value is -1.35. The number of rotatable bonds is 3. The van der Waals surface area contributed by atoms with E-state index in [2.05, 4.69) is 35.6 Å². The average Bonchev–Trinajstić information content (AvgIpc) is 2.94. The van der Waals surface area contributed by atoms with Gasteiger partial charge in [-0.3, -0.25) is 4.79 Å². The molecule has 0 aliphatic carbocycles. The standard InChI is InChI=1S/C12H17N.C2H6.CH2O2/c1-2-5-11(6-3-1)8-9-12-7-4-10-13-12;1-2;2-1-3/h1-3,5-6,12-13H,4,7-10H2;1-2H3;1H,(H,2,3). The number of hydrogen-bond donors (Lipinski definition) is 2. The average molecular weight is 251 g/mol. The molecule has 2 N–H and O–H groups in total. The van der Waals surface area contributed by atoms with Gasteiger partial charge in [0, 0.05) is 6.04 Å². The molecule has 1 unspecified atom stereocenters. The van der Waals surface area contributed by atoms with E-state index in [1.165, 1.54) is 37.8 Å². The molecule has 1 aliphatic rings. The lowest BCUT2D eigenvalue weighted by molar-refractivity contribution is -0.122. The molecule has 0 radical (unpaired) electrons. The van der Waals surface area contributed by atoms with E-state index in [1.807, 2.05) is 13.8 Å². The van der Waals surface area contributed by atoms with E-state index in [0.717, 1.165) is 6.04 Å². The van der Waals surface area contributed by atoms with Crippen molar-refractivity contribution in [2.45, 2.75) is 45.6 Å². The van der Waals surface area contributed by atoms with Crippen LogP contribution in [0.1, 0.15) is 38.7 Å². The molecule has 3 nitrogen and oxygen atoms in total. The summed E-state index contributed by atoms with van der Waals surface area (Å²) >= 11 is 0. The monoisotopic (exact) mass is 251 g/mol. The summed E-state index contributed by atoms with van der Waals surface area (Å²) in [5.41, 5.74) is 1.47. The summed E-state index contributed by atoms with van der Waals surface area (Å²) in [6.45, 7) is 4.97. The molecular formula is C15H25NO2. The van der Waals surface area contributed by atoms with E-state index in [1.54, 1.807) is 0 Å². The van der Waals surface area contributed by atoms with Gasteiger partial charge in [0.2, 0.25) is 0 Å². The molecule has 0 spiro atoms. The van der Waals surface area contributed by atoms with Gasteiger partial charge in [-0.05, 0) is 37.8 Å². The van der Waals surface area contributed by atoms with E-state index in [4.69, 9.17) is 9.90 Å². The number of carbonyl (C=O) groups is 1. The molecule has 1 heterocycles. The van der Waals surface area contributed by atoms with Crippen LogP contribution < -0.4 is 5.32 Å². The zero-order chi connectivity index (χ0) is 13.6. The third-order valence-corrected chi connectivity index (χ3v) is 2.79. The van der Waals surface area contributed by atoms with Crippen molar-refractivity contribution in [3.8, 4) is 0 Å².